The highest BCUT2D eigenvalue weighted by atomic mass is 16.5. The minimum atomic E-state index is -2.11. The fourth-order valence-electron chi connectivity index (χ4n) is 3.17. The Hall–Kier alpha value is -1.63. The van der Waals surface area contributed by atoms with Gasteiger partial charge in [0, 0.05) is 6.42 Å². The zero-order chi connectivity index (χ0) is 20.7. The third kappa shape index (κ3) is 9.22. The maximum Gasteiger partial charge on any atom is 0.338 e. The molecule has 0 bridgehead atoms. The minimum Gasteiger partial charge on any atom is -0.469 e. The van der Waals surface area contributed by atoms with E-state index < -0.39 is 29.4 Å². The molecule has 0 aromatic rings. The third-order valence-electron chi connectivity index (χ3n) is 4.89. The van der Waals surface area contributed by atoms with Crippen LogP contribution in [0.4, 0.5) is 0 Å². The van der Waals surface area contributed by atoms with E-state index >= 15 is 0 Å². The molecule has 0 heterocycles. The Morgan fingerprint density at radius 3 is 1.89 bits per heavy atom. The van der Waals surface area contributed by atoms with Gasteiger partial charge in [-0.05, 0) is 12.8 Å². The van der Waals surface area contributed by atoms with Crippen LogP contribution in [0.1, 0.15) is 77.6 Å². The Bertz CT molecular complexity index is 450. The molecule has 2 atom stereocenters. The van der Waals surface area contributed by atoms with Crippen LogP contribution in [0.25, 0.3) is 0 Å². The van der Waals surface area contributed by atoms with Gasteiger partial charge in [-0.25, -0.2) is 4.79 Å². The van der Waals surface area contributed by atoms with Crippen molar-refractivity contribution in [1.29, 1.82) is 0 Å². The highest BCUT2D eigenvalue weighted by Gasteiger charge is 2.49. The molecule has 0 rings (SSSR count). The molecule has 1 N–H and O–H groups in total. The van der Waals surface area contributed by atoms with Crippen molar-refractivity contribution in [2.75, 3.05) is 21.3 Å². The molecule has 0 saturated heterocycles. The van der Waals surface area contributed by atoms with Gasteiger partial charge >= 0.3 is 17.9 Å². The molecular weight excluding hydrogens is 352 g/mol. The van der Waals surface area contributed by atoms with Gasteiger partial charge in [-0.2, -0.15) is 0 Å². The highest BCUT2D eigenvalue weighted by Crippen LogP contribution is 2.31. The Labute approximate surface area is 162 Å². The van der Waals surface area contributed by atoms with E-state index in [4.69, 9.17) is 9.47 Å². The van der Waals surface area contributed by atoms with Gasteiger partial charge in [0.2, 0.25) is 0 Å². The normalized spacial score (nSPS) is 14.1. The number of ether oxygens (including phenoxy) is 3. The van der Waals surface area contributed by atoms with Crippen LogP contribution in [0.5, 0.6) is 0 Å². The first-order valence-electron chi connectivity index (χ1n) is 9.82. The van der Waals surface area contributed by atoms with Crippen molar-refractivity contribution in [1.82, 2.24) is 0 Å². The van der Waals surface area contributed by atoms with E-state index in [1.165, 1.54) is 39.9 Å². The quantitative estimate of drug-likeness (QED) is 0.261. The summed E-state index contributed by atoms with van der Waals surface area (Å²) in [4.78, 5) is 35.9. The van der Waals surface area contributed by atoms with Gasteiger partial charge in [0.05, 0.1) is 27.2 Å². The summed E-state index contributed by atoms with van der Waals surface area (Å²) in [6, 6.07) is 0. The number of rotatable bonds is 15. The standard InChI is InChI=1S/C20H36O7/c1-5-6-7-8-9-10-11-12-13-16(18(22)26-3)20(24,19(23)27-4)15-14-17(21)25-2/h16,24H,5-15H2,1-4H3/t16-,20+/m1/s1. The molecule has 0 aromatic heterocycles. The Morgan fingerprint density at radius 1 is 0.852 bits per heavy atom. The van der Waals surface area contributed by atoms with Crippen LogP contribution >= 0.6 is 0 Å². The number of carbonyl (C=O) groups is 3. The minimum absolute atomic E-state index is 0.201. The molecule has 158 valence electrons. The zero-order valence-electron chi connectivity index (χ0n) is 17.3. The second-order valence-corrected chi connectivity index (χ2v) is 6.83. The van der Waals surface area contributed by atoms with Gasteiger partial charge in [-0.3, -0.25) is 9.59 Å². The summed E-state index contributed by atoms with van der Waals surface area (Å²) in [5, 5.41) is 10.9. The number of unbranched alkanes of at least 4 members (excludes halogenated alkanes) is 7. The van der Waals surface area contributed by atoms with Crippen LogP contribution in [-0.2, 0) is 28.6 Å². The van der Waals surface area contributed by atoms with E-state index in [1.54, 1.807) is 0 Å². The maximum atomic E-state index is 12.2. The van der Waals surface area contributed by atoms with Crippen LogP contribution in [-0.4, -0.2) is 49.9 Å². The van der Waals surface area contributed by atoms with Crippen molar-refractivity contribution < 1.29 is 33.7 Å². The number of hydrogen-bond donors (Lipinski definition) is 1. The van der Waals surface area contributed by atoms with Crippen molar-refractivity contribution in [3.05, 3.63) is 0 Å². The van der Waals surface area contributed by atoms with Crippen LogP contribution in [0.15, 0.2) is 0 Å². The summed E-state index contributed by atoms with van der Waals surface area (Å²) < 4.78 is 14.0. The van der Waals surface area contributed by atoms with Crippen LogP contribution in [0.2, 0.25) is 0 Å². The van der Waals surface area contributed by atoms with E-state index in [0.29, 0.717) is 6.42 Å². The summed E-state index contributed by atoms with van der Waals surface area (Å²) in [6.07, 6.45) is 8.44. The van der Waals surface area contributed by atoms with Crippen molar-refractivity contribution in [2.24, 2.45) is 5.92 Å². The first-order chi connectivity index (χ1) is 12.9. The lowest BCUT2D eigenvalue weighted by atomic mass is 9.80. The molecule has 0 aromatic carbocycles. The van der Waals surface area contributed by atoms with Crippen molar-refractivity contribution >= 4 is 17.9 Å². The van der Waals surface area contributed by atoms with Gasteiger partial charge < -0.3 is 19.3 Å². The zero-order valence-corrected chi connectivity index (χ0v) is 17.3. The van der Waals surface area contributed by atoms with Crippen LogP contribution in [0, 0.1) is 5.92 Å². The first-order valence-corrected chi connectivity index (χ1v) is 9.82. The van der Waals surface area contributed by atoms with Crippen molar-refractivity contribution in [3.63, 3.8) is 0 Å². The van der Waals surface area contributed by atoms with E-state index in [-0.39, 0.29) is 19.3 Å². The summed E-state index contributed by atoms with van der Waals surface area (Å²) in [5.74, 6) is -3.29. The maximum absolute atomic E-state index is 12.2. The predicted molar refractivity (Wildman–Crippen MR) is 101 cm³/mol. The monoisotopic (exact) mass is 388 g/mol. The fourth-order valence-corrected chi connectivity index (χ4v) is 3.17. The van der Waals surface area contributed by atoms with E-state index in [2.05, 4.69) is 11.7 Å². The average Bonchev–Trinajstić information content (AvgIpc) is 2.69. The van der Waals surface area contributed by atoms with Crippen molar-refractivity contribution in [2.45, 2.75) is 83.2 Å². The molecular formula is C20H36O7. The second kappa shape index (κ2) is 14.4. The molecule has 0 aliphatic heterocycles. The van der Waals surface area contributed by atoms with E-state index in [0.717, 1.165) is 26.4 Å². The molecule has 0 unspecified atom stereocenters. The lowest BCUT2D eigenvalue weighted by Crippen LogP contribution is -2.50. The first kappa shape index (κ1) is 25.4. The van der Waals surface area contributed by atoms with E-state index in [9.17, 15) is 19.5 Å². The third-order valence-corrected chi connectivity index (χ3v) is 4.89. The largest absolute Gasteiger partial charge is 0.469 e. The SMILES string of the molecule is CCCCCCCCCC[C@H](C(=O)OC)[C@@](O)(CCC(=O)OC)C(=O)OC. The predicted octanol–water partition coefficient (Wildman–Crippen LogP) is 3.16. The topological polar surface area (TPSA) is 99.1 Å². The van der Waals surface area contributed by atoms with Gasteiger partial charge in [0.1, 0.15) is 0 Å². The number of aliphatic hydroxyl groups is 1. The fraction of sp³-hybridized carbons (Fsp3) is 0.850. The Balaban J connectivity index is 4.84. The molecule has 7 nitrogen and oxygen atoms in total. The second-order valence-electron chi connectivity index (χ2n) is 6.83. The summed E-state index contributed by atoms with van der Waals surface area (Å²) in [5.41, 5.74) is -2.11. The smallest absolute Gasteiger partial charge is 0.338 e. The number of hydrogen-bond acceptors (Lipinski definition) is 7. The summed E-state index contributed by atoms with van der Waals surface area (Å²) in [6.45, 7) is 2.18. The van der Waals surface area contributed by atoms with E-state index in [1.807, 2.05) is 0 Å². The number of carbonyl (C=O) groups excluding carboxylic acids is 3. The number of esters is 3. The van der Waals surface area contributed by atoms with Crippen LogP contribution < -0.4 is 0 Å². The van der Waals surface area contributed by atoms with Gasteiger partial charge in [0.15, 0.2) is 5.60 Å². The molecule has 0 saturated carbocycles. The van der Waals surface area contributed by atoms with Gasteiger partial charge in [0.25, 0.3) is 0 Å². The molecule has 7 heteroatoms. The highest BCUT2D eigenvalue weighted by molar-refractivity contribution is 5.88. The number of methoxy groups -OCH3 is 3. The Kier molecular flexibility index (Phi) is 13.6. The molecule has 0 amide bonds. The molecule has 0 radical (unpaired) electrons. The molecule has 0 fully saturated rings. The Morgan fingerprint density at radius 2 is 1.41 bits per heavy atom. The summed E-state index contributed by atoms with van der Waals surface area (Å²) in [7, 11) is 3.56. The molecule has 27 heavy (non-hydrogen) atoms. The van der Waals surface area contributed by atoms with Gasteiger partial charge in [-0.15, -0.1) is 0 Å². The lowest BCUT2D eigenvalue weighted by Gasteiger charge is -2.31. The molecule has 0 spiro atoms. The molecule has 0 aliphatic carbocycles. The van der Waals surface area contributed by atoms with Gasteiger partial charge in [-0.1, -0.05) is 58.3 Å². The summed E-state index contributed by atoms with van der Waals surface area (Å²) >= 11 is 0. The lowest BCUT2D eigenvalue weighted by molar-refractivity contribution is -0.181. The average molecular weight is 389 g/mol. The van der Waals surface area contributed by atoms with Crippen molar-refractivity contribution in [3.8, 4) is 0 Å². The molecule has 0 aliphatic rings. The van der Waals surface area contributed by atoms with Crippen LogP contribution in [0.3, 0.4) is 0 Å².